The summed E-state index contributed by atoms with van der Waals surface area (Å²) in [7, 11) is 0. The molecule has 0 bridgehead atoms. The molecule has 0 saturated heterocycles. The fourth-order valence-electron chi connectivity index (χ4n) is 2.68. The predicted octanol–water partition coefficient (Wildman–Crippen LogP) is 3.79. The Labute approximate surface area is 112 Å². The summed E-state index contributed by atoms with van der Waals surface area (Å²) in [6.45, 7) is 4.32. The van der Waals surface area contributed by atoms with Crippen molar-refractivity contribution in [2.75, 3.05) is 0 Å². The van der Waals surface area contributed by atoms with Crippen LogP contribution in [0.15, 0.2) is 30.5 Å². The van der Waals surface area contributed by atoms with E-state index in [1.54, 1.807) is 11.3 Å². The molecule has 1 aliphatic carbocycles. The van der Waals surface area contributed by atoms with Gasteiger partial charge >= 0.3 is 0 Å². The lowest BCUT2D eigenvalue weighted by molar-refractivity contribution is 0.464. The zero-order valence-corrected chi connectivity index (χ0v) is 11.6. The molecule has 1 N–H and O–H groups in total. The van der Waals surface area contributed by atoms with Gasteiger partial charge < -0.3 is 5.32 Å². The lowest BCUT2D eigenvalue weighted by Gasteiger charge is -2.18. The number of thiazole rings is 1. The molecule has 2 unspecified atom stereocenters. The SMILES string of the molecule is Cc1cnc(C(C)NC2CCc3ccccc32)s1. The number of fused-ring (bicyclic) bond motifs is 1. The molecule has 0 saturated carbocycles. The van der Waals surface area contributed by atoms with Crippen LogP contribution in [-0.4, -0.2) is 4.98 Å². The summed E-state index contributed by atoms with van der Waals surface area (Å²) in [5.74, 6) is 0. The van der Waals surface area contributed by atoms with Crippen LogP contribution in [0.3, 0.4) is 0 Å². The third kappa shape index (κ3) is 2.20. The largest absolute Gasteiger partial charge is 0.301 e. The van der Waals surface area contributed by atoms with Crippen molar-refractivity contribution in [2.45, 2.75) is 38.8 Å². The van der Waals surface area contributed by atoms with E-state index in [1.807, 2.05) is 6.20 Å². The van der Waals surface area contributed by atoms with Crippen LogP contribution >= 0.6 is 11.3 Å². The van der Waals surface area contributed by atoms with Gasteiger partial charge in [-0.2, -0.15) is 0 Å². The van der Waals surface area contributed by atoms with Crippen molar-refractivity contribution in [1.29, 1.82) is 0 Å². The first-order valence-electron chi connectivity index (χ1n) is 6.50. The van der Waals surface area contributed by atoms with Crippen molar-refractivity contribution >= 4 is 11.3 Å². The second-order valence-electron chi connectivity index (χ2n) is 4.99. The van der Waals surface area contributed by atoms with Crippen LogP contribution in [0.5, 0.6) is 0 Å². The highest BCUT2D eigenvalue weighted by atomic mass is 32.1. The Kier molecular flexibility index (Phi) is 3.18. The summed E-state index contributed by atoms with van der Waals surface area (Å²) < 4.78 is 0. The van der Waals surface area contributed by atoms with E-state index in [0.29, 0.717) is 12.1 Å². The van der Waals surface area contributed by atoms with Crippen LogP contribution in [0.2, 0.25) is 0 Å². The highest BCUT2D eigenvalue weighted by molar-refractivity contribution is 7.11. The van der Waals surface area contributed by atoms with E-state index in [-0.39, 0.29) is 0 Å². The van der Waals surface area contributed by atoms with E-state index in [1.165, 1.54) is 33.9 Å². The summed E-state index contributed by atoms with van der Waals surface area (Å²) in [4.78, 5) is 5.75. The van der Waals surface area contributed by atoms with Crippen molar-refractivity contribution in [3.05, 3.63) is 51.5 Å². The van der Waals surface area contributed by atoms with Gasteiger partial charge in [-0.1, -0.05) is 24.3 Å². The van der Waals surface area contributed by atoms with Gasteiger partial charge in [0.15, 0.2) is 0 Å². The third-order valence-corrected chi connectivity index (χ3v) is 4.69. The average molecular weight is 258 g/mol. The minimum absolute atomic E-state index is 0.333. The molecule has 1 aromatic carbocycles. The normalized spacial score (nSPS) is 19.8. The Morgan fingerprint density at radius 2 is 2.22 bits per heavy atom. The van der Waals surface area contributed by atoms with Crippen LogP contribution < -0.4 is 5.32 Å². The van der Waals surface area contributed by atoms with Gasteiger partial charge in [-0.15, -0.1) is 11.3 Å². The fraction of sp³-hybridized carbons (Fsp3) is 0.400. The zero-order chi connectivity index (χ0) is 12.5. The van der Waals surface area contributed by atoms with Gasteiger partial charge in [-0.05, 0) is 37.8 Å². The first kappa shape index (κ1) is 11.9. The molecule has 3 heteroatoms. The number of aromatic nitrogens is 1. The highest BCUT2D eigenvalue weighted by Crippen LogP contribution is 2.33. The van der Waals surface area contributed by atoms with Crippen molar-refractivity contribution in [1.82, 2.24) is 10.3 Å². The molecule has 1 aliphatic rings. The second-order valence-corrected chi connectivity index (χ2v) is 6.25. The predicted molar refractivity (Wildman–Crippen MR) is 75.9 cm³/mol. The quantitative estimate of drug-likeness (QED) is 0.906. The average Bonchev–Trinajstić information content (AvgIpc) is 2.97. The van der Waals surface area contributed by atoms with Crippen LogP contribution in [0, 0.1) is 6.92 Å². The van der Waals surface area contributed by atoms with Gasteiger partial charge in [0.25, 0.3) is 0 Å². The molecular weight excluding hydrogens is 240 g/mol. The van der Waals surface area contributed by atoms with Gasteiger partial charge in [0.2, 0.25) is 0 Å². The van der Waals surface area contributed by atoms with Crippen LogP contribution in [-0.2, 0) is 6.42 Å². The molecule has 2 atom stereocenters. The lowest BCUT2D eigenvalue weighted by Crippen LogP contribution is -2.22. The van der Waals surface area contributed by atoms with Crippen molar-refractivity contribution < 1.29 is 0 Å². The first-order chi connectivity index (χ1) is 8.74. The van der Waals surface area contributed by atoms with Gasteiger partial charge in [0.05, 0.1) is 6.04 Å². The Morgan fingerprint density at radius 3 is 3.00 bits per heavy atom. The van der Waals surface area contributed by atoms with Crippen molar-refractivity contribution in [2.24, 2.45) is 0 Å². The lowest BCUT2D eigenvalue weighted by atomic mass is 10.1. The molecule has 3 rings (SSSR count). The Bertz CT molecular complexity index is 547. The number of nitrogens with zero attached hydrogens (tertiary/aromatic N) is 1. The zero-order valence-electron chi connectivity index (χ0n) is 10.8. The molecule has 18 heavy (non-hydrogen) atoms. The molecule has 0 aliphatic heterocycles. The number of benzene rings is 1. The Balaban J connectivity index is 1.75. The third-order valence-electron chi connectivity index (χ3n) is 3.59. The van der Waals surface area contributed by atoms with Crippen LogP contribution in [0.4, 0.5) is 0 Å². The summed E-state index contributed by atoms with van der Waals surface area (Å²) >= 11 is 1.79. The van der Waals surface area contributed by atoms with Gasteiger partial charge in [-0.25, -0.2) is 4.98 Å². The minimum Gasteiger partial charge on any atom is -0.301 e. The molecule has 0 amide bonds. The molecule has 94 valence electrons. The summed E-state index contributed by atoms with van der Waals surface area (Å²) in [5, 5.41) is 4.90. The van der Waals surface area contributed by atoms with Gasteiger partial charge in [0, 0.05) is 17.1 Å². The second kappa shape index (κ2) is 4.82. The molecular formula is C15H18N2S. The van der Waals surface area contributed by atoms with E-state index < -0.39 is 0 Å². The van der Waals surface area contributed by atoms with E-state index in [0.717, 1.165) is 0 Å². The molecule has 1 heterocycles. The smallest absolute Gasteiger partial charge is 0.109 e. The maximum Gasteiger partial charge on any atom is 0.109 e. The van der Waals surface area contributed by atoms with E-state index in [9.17, 15) is 0 Å². The Hall–Kier alpha value is -1.19. The molecule has 0 fully saturated rings. The minimum atomic E-state index is 0.333. The number of hydrogen-bond donors (Lipinski definition) is 1. The van der Waals surface area contributed by atoms with Crippen LogP contribution in [0.25, 0.3) is 0 Å². The van der Waals surface area contributed by atoms with Gasteiger partial charge in [-0.3, -0.25) is 0 Å². The molecule has 1 aromatic heterocycles. The van der Waals surface area contributed by atoms with Crippen molar-refractivity contribution in [3.8, 4) is 0 Å². The maximum absolute atomic E-state index is 4.47. The van der Waals surface area contributed by atoms with Gasteiger partial charge in [0.1, 0.15) is 5.01 Å². The maximum atomic E-state index is 4.47. The highest BCUT2D eigenvalue weighted by Gasteiger charge is 2.24. The summed E-state index contributed by atoms with van der Waals surface area (Å²) in [6.07, 6.45) is 4.35. The van der Waals surface area contributed by atoms with Crippen molar-refractivity contribution in [3.63, 3.8) is 0 Å². The molecule has 0 spiro atoms. The number of rotatable bonds is 3. The first-order valence-corrected chi connectivity index (χ1v) is 7.32. The van der Waals surface area contributed by atoms with E-state index in [2.05, 4.69) is 48.4 Å². The molecule has 0 radical (unpaired) electrons. The fourth-order valence-corrected chi connectivity index (χ4v) is 3.46. The van der Waals surface area contributed by atoms with E-state index >= 15 is 0 Å². The summed E-state index contributed by atoms with van der Waals surface area (Å²) in [6, 6.07) is 9.58. The monoisotopic (exact) mass is 258 g/mol. The summed E-state index contributed by atoms with van der Waals surface area (Å²) in [5.41, 5.74) is 2.97. The number of nitrogens with one attached hydrogen (secondary N) is 1. The van der Waals surface area contributed by atoms with Crippen LogP contribution in [0.1, 0.15) is 46.4 Å². The molecule has 2 aromatic rings. The standard InChI is InChI=1S/C15H18N2S/c1-10-9-16-15(18-10)11(2)17-14-8-7-12-5-3-4-6-13(12)14/h3-6,9,11,14,17H,7-8H2,1-2H3. The topological polar surface area (TPSA) is 24.9 Å². The van der Waals surface area contributed by atoms with E-state index in [4.69, 9.17) is 0 Å². The number of hydrogen-bond acceptors (Lipinski definition) is 3. The Morgan fingerprint density at radius 1 is 1.39 bits per heavy atom. The molecule has 2 nitrogen and oxygen atoms in total. The number of aryl methyl sites for hydroxylation is 2.